The van der Waals surface area contributed by atoms with Crippen LogP contribution in [0, 0.1) is 16.7 Å². The first kappa shape index (κ1) is 22.9. The molecule has 3 aliphatic heterocycles. The van der Waals surface area contributed by atoms with E-state index in [-0.39, 0.29) is 18.3 Å². The molecule has 0 amide bonds. The van der Waals surface area contributed by atoms with Crippen molar-refractivity contribution in [2.24, 2.45) is 5.41 Å². The molecule has 0 bridgehead atoms. The number of halogens is 3. The van der Waals surface area contributed by atoms with Crippen LogP contribution >= 0.6 is 11.6 Å². The molecule has 1 aromatic carbocycles. The number of alkyl halides is 2. The number of rotatable bonds is 3. The summed E-state index contributed by atoms with van der Waals surface area (Å²) in [7, 11) is 0. The van der Waals surface area contributed by atoms with Gasteiger partial charge in [0.05, 0.1) is 23.9 Å². The van der Waals surface area contributed by atoms with Gasteiger partial charge in [-0.25, -0.2) is 13.8 Å². The van der Waals surface area contributed by atoms with Crippen LogP contribution in [0.1, 0.15) is 36.7 Å². The number of nitrogens with zero attached hydrogens (tertiary/aromatic N) is 8. The van der Waals surface area contributed by atoms with Crippen LogP contribution in [0.15, 0.2) is 36.5 Å². The molecule has 2 aromatic heterocycles. The summed E-state index contributed by atoms with van der Waals surface area (Å²) >= 11 is 6.36. The van der Waals surface area contributed by atoms with Crippen molar-refractivity contribution in [2.45, 2.75) is 44.3 Å². The minimum absolute atomic E-state index is 0.154. The third kappa shape index (κ3) is 3.59. The van der Waals surface area contributed by atoms with E-state index in [4.69, 9.17) is 11.6 Å². The molecule has 0 unspecified atom stereocenters. The SMILES string of the molecule is CC1(N2Cc3cc(Cl)ccc3-n3c(nnc3N3CC4(CN(c5cc(C#N)ccn5)C4)C3)C2)CC(F)(F)C1. The second-order valence-electron chi connectivity index (χ2n) is 11.3. The number of pyridine rings is 1. The summed E-state index contributed by atoms with van der Waals surface area (Å²) in [6.07, 6.45) is 1.36. The average Bonchev–Trinajstić information content (AvgIpc) is 3.11. The van der Waals surface area contributed by atoms with Crippen LogP contribution in [-0.4, -0.2) is 62.3 Å². The highest BCUT2D eigenvalue weighted by Crippen LogP contribution is 2.51. The maximum absolute atomic E-state index is 13.9. The fraction of sp³-hybridized carbons (Fsp3) is 0.462. The molecule has 37 heavy (non-hydrogen) atoms. The Labute approximate surface area is 218 Å². The van der Waals surface area contributed by atoms with E-state index in [0.29, 0.717) is 23.7 Å². The Morgan fingerprint density at radius 3 is 2.49 bits per heavy atom. The maximum atomic E-state index is 13.9. The van der Waals surface area contributed by atoms with E-state index in [1.807, 2.05) is 31.2 Å². The zero-order chi connectivity index (χ0) is 25.6. The van der Waals surface area contributed by atoms with Crippen molar-refractivity contribution in [3.8, 4) is 11.8 Å². The predicted octanol–water partition coefficient (Wildman–Crippen LogP) is 4.02. The van der Waals surface area contributed by atoms with Crippen molar-refractivity contribution in [3.63, 3.8) is 0 Å². The predicted molar refractivity (Wildman–Crippen MR) is 134 cm³/mol. The summed E-state index contributed by atoms with van der Waals surface area (Å²) in [5, 5.41) is 18.9. The minimum atomic E-state index is -2.62. The topological polar surface area (TPSA) is 77.1 Å². The Bertz CT molecular complexity index is 1440. The van der Waals surface area contributed by atoms with Crippen molar-refractivity contribution < 1.29 is 8.78 Å². The zero-order valence-corrected chi connectivity index (χ0v) is 21.1. The first-order valence-corrected chi connectivity index (χ1v) is 12.8. The lowest BCUT2D eigenvalue weighted by Gasteiger charge is -2.60. The molecule has 190 valence electrons. The molecular formula is C26H25ClF2N8. The van der Waals surface area contributed by atoms with E-state index in [9.17, 15) is 14.0 Å². The smallest absolute Gasteiger partial charge is 0.251 e. The van der Waals surface area contributed by atoms with E-state index in [0.717, 1.165) is 55.0 Å². The summed E-state index contributed by atoms with van der Waals surface area (Å²) in [6.45, 7) is 6.31. The third-order valence-electron chi connectivity index (χ3n) is 8.32. The van der Waals surface area contributed by atoms with Gasteiger partial charge in [0.15, 0.2) is 5.82 Å². The van der Waals surface area contributed by atoms with E-state index >= 15 is 0 Å². The molecule has 1 spiro atoms. The molecule has 4 aliphatic rings. The first-order valence-electron chi connectivity index (χ1n) is 12.4. The molecule has 0 radical (unpaired) electrons. The lowest BCUT2D eigenvalue weighted by atomic mass is 9.73. The Hall–Kier alpha value is -3.29. The van der Waals surface area contributed by atoms with Crippen molar-refractivity contribution in [1.82, 2.24) is 24.6 Å². The molecule has 0 N–H and O–H groups in total. The number of aromatic nitrogens is 4. The largest absolute Gasteiger partial charge is 0.355 e. The Morgan fingerprint density at radius 1 is 1.00 bits per heavy atom. The standard InChI is InChI=1S/C26H25ClF2N8/c1-24(11-26(28,29)12-24)36-9-18-7-19(27)2-3-20(18)37-22(10-36)32-33-23(37)35-15-25(16-35)13-34(14-25)21-6-17(8-30)4-5-31-21/h2-7H,9-16H2,1H3. The summed E-state index contributed by atoms with van der Waals surface area (Å²) in [5.74, 6) is -0.259. The lowest BCUT2D eigenvalue weighted by Crippen LogP contribution is -2.73. The highest BCUT2D eigenvalue weighted by molar-refractivity contribution is 6.30. The van der Waals surface area contributed by atoms with Crippen molar-refractivity contribution in [3.05, 3.63) is 58.5 Å². The molecule has 3 fully saturated rings. The van der Waals surface area contributed by atoms with Crippen molar-refractivity contribution in [1.29, 1.82) is 5.26 Å². The highest BCUT2D eigenvalue weighted by Gasteiger charge is 2.57. The number of anilines is 2. The van der Waals surface area contributed by atoms with Gasteiger partial charge in [0.2, 0.25) is 5.95 Å². The van der Waals surface area contributed by atoms with Gasteiger partial charge in [-0.05, 0) is 42.8 Å². The van der Waals surface area contributed by atoms with Gasteiger partial charge in [-0.15, -0.1) is 10.2 Å². The fourth-order valence-electron chi connectivity index (χ4n) is 6.55. The molecule has 1 saturated carbocycles. The van der Waals surface area contributed by atoms with Crippen molar-refractivity contribution >= 4 is 23.4 Å². The highest BCUT2D eigenvalue weighted by atomic mass is 35.5. The number of benzene rings is 1. The third-order valence-corrected chi connectivity index (χ3v) is 8.55. The summed E-state index contributed by atoms with van der Waals surface area (Å²) in [6, 6.07) is 11.5. The molecular weight excluding hydrogens is 498 g/mol. The monoisotopic (exact) mass is 522 g/mol. The van der Waals surface area contributed by atoms with E-state index in [2.05, 4.69) is 40.5 Å². The van der Waals surface area contributed by atoms with E-state index in [1.54, 1.807) is 12.3 Å². The molecule has 5 heterocycles. The Balaban J connectivity index is 1.14. The Morgan fingerprint density at radius 2 is 1.76 bits per heavy atom. The van der Waals surface area contributed by atoms with Gasteiger partial charge < -0.3 is 9.80 Å². The van der Waals surface area contributed by atoms with Gasteiger partial charge >= 0.3 is 0 Å². The van der Waals surface area contributed by atoms with Gasteiger partial charge in [0.1, 0.15) is 5.82 Å². The zero-order valence-electron chi connectivity index (χ0n) is 20.3. The average molecular weight is 523 g/mol. The van der Waals surface area contributed by atoms with Crippen LogP contribution in [-0.2, 0) is 13.1 Å². The van der Waals surface area contributed by atoms with Crippen LogP contribution in [0.3, 0.4) is 0 Å². The molecule has 8 nitrogen and oxygen atoms in total. The van der Waals surface area contributed by atoms with Crippen molar-refractivity contribution in [2.75, 3.05) is 36.0 Å². The molecule has 7 rings (SSSR count). The van der Waals surface area contributed by atoms with E-state index in [1.165, 1.54) is 0 Å². The number of fused-ring (bicyclic) bond motifs is 3. The quantitative estimate of drug-likeness (QED) is 0.514. The number of nitriles is 1. The Kier molecular flexibility index (Phi) is 4.71. The second kappa shape index (κ2) is 7.62. The normalized spacial score (nSPS) is 22.7. The fourth-order valence-corrected chi connectivity index (χ4v) is 6.75. The van der Waals surface area contributed by atoms with Gasteiger partial charge in [-0.3, -0.25) is 9.47 Å². The van der Waals surface area contributed by atoms with Gasteiger partial charge in [-0.2, -0.15) is 5.26 Å². The summed E-state index contributed by atoms with van der Waals surface area (Å²) in [4.78, 5) is 11.0. The minimum Gasteiger partial charge on any atom is -0.355 e. The summed E-state index contributed by atoms with van der Waals surface area (Å²) in [5.41, 5.74) is 2.10. The van der Waals surface area contributed by atoms with Crippen LogP contribution in [0.5, 0.6) is 0 Å². The van der Waals surface area contributed by atoms with Gasteiger partial charge in [0, 0.05) is 67.7 Å². The second-order valence-corrected chi connectivity index (χ2v) is 11.8. The van der Waals surface area contributed by atoms with E-state index < -0.39 is 11.5 Å². The summed E-state index contributed by atoms with van der Waals surface area (Å²) < 4.78 is 29.8. The number of hydrogen-bond acceptors (Lipinski definition) is 7. The van der Waals surface area contributed by atoms with Gasteiger partial charge in [0.25, 0.3) is 5.92 Å². The lowest BCUT2D eigenvalue weighted by molar-refractivity contribution is -0.173. The van der Waals surface area contributed by atoms with Crippen LogP contribution in [0.4, 0.5) is 20.5 Å². The van der Waals surface area contributed by atoms with Gasteiger partial charge in [-0.1, -0.05) is 11.6 Å². The molecule has 2 saturated heterocycles. The maximum Gasteiger partial charge on any atom is 0.251 e. The molecule has 1 aliphatic carbocycles. The molecule has 11 heteroatoms. The molecule has 3 aromatic rings. The molecule has 0 atom stereocenters. The van der Waals surface area contributed by atoms with Crippen LogP contribution in [0.25, 0.3) is 5.69 Å². The number of hydrogen-bond donors (Lipinski definition) is 0. The van der Waals surface area contributed by atoms with Crippen LogP contribution in [0.2, 0.25) is 5.02 Å². The van der Waals surface area contributed by atoms with Crippen LogP contribution < -0.4 is 9.80 Å². The first-order chi connectivity index (χ1) is 17.7.